The lowest BCUT2D eigenvalue weighted by Gasteiger charge is -2.07. The molecule has 1 amide bonds. The quantitative estimate of drug-likeness (QED) is 0.808. The predicted molar refractivity (Wildman–Crippen MR) is 88.9 cm³/mol. The second-order valence-electron chi connectivity index (χ2n) is 4.86. The van der Waals surface area contributed by atoms with Gasteiger partial charge in [0.25, 0.3) is 0 Å². The highest BCUT2D eigenvalue weighted by atomic mass is 32.2. The predicted octanol–water partition coefficient (Wildman–Crippen LogP) is 3.62. The molecule has 0 spiro atoms. The zero-order chi connectivity index (χ0) is 17.5. The van der Waals surface area contributed by atoms with Crippen molar-refractivity contribution in [1.29, 1.82) is 0 Å². The number of carbonyl (C=O) groups excluding carboxylic acids is 2. The maximum atomic E-state index is 13.4. The van der Waals surface area contributed by atoms with Gasteiger partial charge in [-0.15, -0.1) is 11.8 Å². The summed E-state index contributed by atoms with van der Waals surface area (Å²) in [6.45, 7) is 0. The maximum Gasteiger partial charge on any atom is 0.337 e. The first-order chi connectivity index (χ1) is 11.5. The van der Waals surface area contributed by atoms with Gasteiger partial charge in [0.1, 0.15) is 11.6 Å². The third-order valence-electron chi connectivity index (χ3n) is 3.06. The van der Waals surface area contributed by atoms with Crippen molar-refractivity contribution in [2.75, 3.05) is 18.2 Å². The average Bonchev–Trinajstić information content (AvgIpc) is 2.57. The van der Waals surface area contributed by atoms with E-state index in [2.05, 4.69) is 10.1 Å². The molecular weight excluding hydrogens is 336 g/mol. The van der Waals surface area contributed by atoms with Crippen LogP contribution in [0.15, 0.2) is 42.5 Å². The van der Waals surface area contributed by atoms with E-state index in [9.17, 15) is 18.4 Å². The molecule has 0 fully saturated rings. The van der Waals surface area contributed by atoms with Gasteiger partial charge in [0, 0.05) is 11.8 Å². The molecule has 0 saturated heterocycles. The topological polar surface area (TPSA) is 55.4 Å². The number of halogens is 2. The minimum Gasteiger partial charge on any atom is -0.465 e. The summed E-state index contributed by atoms with van der Waals surface area (Å²) in [5.74, 6) is -1.74. The number of hydrogen-bond acceptors (Lipinski definition) is 4. The molecule has 2 aromatic rings. The maximum absolute atomic E-state index is 13.4. The molecule has 0 unspecified atom stereocenters. The van der Waals surface area contributed by atoms with Crippen molar-refractivity contribution in [3.8, 4) is 0 Å². The van der Waals surface area contributed by atoms with Crippen LogP contribution in [0.1, 0.15) is 15.9 Å². The monoisotopic (exact) mass is 351 g/mol. The van der Waals surface area contributed by atoms with Crippen LogP contribution in [-0.4, -0.2) is 24.7 Å². The second kappa shape index (κ2) is 8.44. The lowest BCUT2D eigenvalue weighted by Crippen LogP contribution is -2.15. The fraction of sp³-hybridized carbons (Fsp3) is 0.176. The van der Waals surface area contributed by atoms with E-state index in [0.29, 0.717) is 17.4 Å². The summed E-state index contributed by atoms with van der Waals surface area (Å²) in [6, 6.07) is 9.85. The Hall–Kier alpha value is -2.41. The molecule has 0 bridgehead atoms. The highest BCUT2D eigenvalue weighted by molar-refractivity contribution is 7.99. The minimum absolute atomic E-state index is 0.0605. The van der Waals surface area contributed by atoms with Gasteiger partial charge in [-0.1, -0.05) is 12.1 Å². The average molecular weight is 351 g/mol. The summed E-state index contributed by atoms with van der Waals surface area (Å²) in [6.07, 6.45) is 0. The minimum atomic E-state index is -0.820. The molecule has 0 aromatic heterocycles. The summed E-state index contributed by atoms with van der Waals surface area (Å²) in [5.41, 5.74) is 1.24. The van der Waals surface area contributed by atoms with E-state index in [1.165, 1.54) is 24.9 Å². The van der Waals surface area contributed by atoms with E-state index in [4.69, 9.17) is 0 Å². The largest absolute Gasteiger partial charge is 0.465 e. The van der Waals surface area contributed by atoms with Crippen molar-refractivity contribution >= 4 is 29.3 Å². The molecule has 0 aliphatic heterocycles. The molecule has 126 valence electrons. The second-order valence-corrected chi connectivity index (χ2v) is 5.84. The van der Waals surface area contributed by atoms with Crippen LogP contribution in [0.5, 0.6) is 0 Å². The lowest BCUT2D eigenvalue weighted by molar-refractivity contribution is -0.113. The molecule has 0 aliphatic rings. The Kier molecular flexibility index (Phi) is 6.31. The van der Waals surface area contributed by atoms with Crippen LogP contribution in [0.3, 0.4) is 0 Å². The van der Waals surface area contributed by atoms with Gasteiger partial charge in [-0.3, -0.25) is 4.79 Å². The fourth-order valence-corrected chi connectivity index (χ4v) is 2.72. The van der Waals surface area contributed by atoms with Gasteiger partial charge >= 0.3 is 5.97 Å². The molecule has 0 radical (unpaired) electrons. The Morgan fingerprint density at radius 2 is 1.96 bits per heavy atom. The smallest absolute Gasteiger partial charge is 0.337 e. The first kappa shape index (κ1) is 17.9. The summed E-state index contributed by atoms with van der Waals surface area (Å²) >= 11 is 1.31. The van der Waals surface area contributed by atoms with Crippen molar-refractivity contribution < 1.29 is 23.1 Å². The number of methoxy groups -OCH3 is 1. The summed E-state index contributed by atoms with van der Waals surface area (Å²) in [4.78, 5) is 23.2. The number of nitrogens with one attached hydrogen (secondary N) is 1. The van der Waals surface area contributed by atoms with Crippen LogP contribution in [0.4, 0.5) is 14.5 Å². The molecule has 7 heteroatoms. The summed E-state index contributed by atoms with van der Waals surface area (Å²) < 4.78 is 30.9. The van der Waals surface area contributed by atoms with Gasteiger partial charge in [-0.2, -0.15) is 0 Å². The highest BCUT2D eigenvalue weighted by Crippen LogP contribution is 2.17. The number of amides is 1. The first-order valence-electron chi connectivity index (χ1n) is 6.99. The number of benzene rings is 2. The molecule has 24 heavy (non-hydrogen) atoms. The highest BCUT2D eigenvalue weighted by Gasteiger charge is 2.09. The SMILES string of the molecule is COC(=O)c1cccc(CSCC(=O)Nc2ccc(F)cc2F)c1. The Morgan fingerprint density at radius 1 is 1.17 bits per heavy atom. The Morgan fingerprint density at radius 3 is 2.67 bits per heavy atom. The van der Waals surface area contributed by atoms with E-state index >= 15 is 0 Å². The Bertz CT molecular complexity index is 752. The number of anilines is 1. The number of thioether (sulfide) groups is 1. The molecular formula is C17H15F2NO3S. The van der Waals surface area contributed by atoms with Crippen LogP contribution in [-0.2, 0) is 15.3 Å². The van der Waals surface area contributed by atoms with Crippen molar-refractivity contribution in [1.82, 2.24) is 0 Å². The Labute approximate surface area is 142 Å². The Balaban J connectivity index is 1.85. The van der Waals surface area contributed by atoms with Crippen molar-refractivity contribution in [3.05, 3.63) is 65.2 Å². The first-order valence-corrected chi connectivity index (χ1v) is 8.15. The summed E-state index contributed by atoms with van der Waals surface area (Å²) in [7, 11) is 1.31. The molecule has 0 aliphatic carbocycles. The van der Waals surface area contributed by atoms with E-state index in [1.807, 2.05) is 6.07 Å². The third kappa shape index (κ3) is 5.06. The third-order valence-corrected chi connectivity index (χ3v) is 4.06. The standard InChI is InChI=1S/C17H15F2NO3S/c1-23-17(22)12-4-2-3-11(7-12)9-24-10-16(21)20-15-6-5-13(18)8-14(15)19/h2-8H,9-10H2,1H3,(H,20,21). The zero-order valence-corrected chi connectivity index (χ0v) is 13.7. The molecule has 2 aromatic carbocycles. The van der Waals surface area contributed by atoms with Crippen LogP contribution >= 0.6 is 11.8 Å². The number of carbonyl (C=O) groups is 2. The molecule has 0 heterocycles. The van der Waals surface area contributed by atoms with Crippen molar-refractivity contribution in [2.24, 2.45) is 0 Å². The normalized spacial score (nSPS) is 10.3. The van der Waals surface area contributed by atoms with E-state index in [0.717, 1.165) is 11.6 Å². The molecule has 1 N–H and O–H groups in total. The molecule has 4 nitrogen and oxygen atoms in total. The van der Waals surface area contributed by atoms with Crippen LogP contribution in [0, 0.1) is 11.6 Å². The van der Waals surface area contributed by atoms with Crippen LogP contribution in [0.2, 0.25) is 0 Å². The van der Waals surface area contributed by atoms with Crippen molar-refractivity contribution in [2.45, 2.75) is 5.75 Å². The van der Waals surface area contributed by atoms with Crippen LogP contribution in [0.25, 0.3) is 0 Å². The summed E-state index contributed by atoms with van der Waals surface area (Å²) in [5, 5.41) is 2.39. The number of ether oxygens (including phenoxy) is 1. The fourth-order valence-electron chi connectivity index (χ4n) is 1.94. The number of esters is 1. The van der Waals surface area contributed by atoms with E-state index in [1.54, 1.807) is 18.2 Å². The van der Waals surface area contributed by atoms with Gasteiger partial charge in [0.15, 0.2) is 0 Å². The van der Waals surface area contributed by atoms with Crippen molar-refractivity contribution in [3.63, 3.8) is 0 Å². The molecule has 0 saturated carbocycles. The van der Waals surface area contributed by atoms with Gasteiger partial charge in [0.05, 0.1) is 24.1 Å². The van der Waals surface area contributed by atoms with Gasteiger partial charge in [-0.25, -0.2) is 13.6 Å². The number of rotatable bonds is 6. The van der Waals surface area contributed by atoms with E-state index < -0.39 is 23.5 Å². The molecule has 0 atom stereocenters. The van der Waals surface area contributed by atoms with Gasteiger partial charge < -0.3 is 10.1 Å². The van der Waals surface area contributed by atoms with Gasteiger partial charge in [-0.05, 0) is 29.8 Å². The van der Waals surface area contributed by atoms with Gasteiger partial charge in [0.2, 0.25) is 5.91 Å². The number of hydrogen-bond donors (Lipinski definition) is 1. The van der Waals surface area contributed by atoms with E-state index in [-0.39, 0.29) is 11.4 Å². The van der Waals surface area contributed by atoms with Crippen LogP contribution < -0.4 is 5.32 Å². The molecule has 2 rings (SSSR count). The lowest BCUT2D eigenvalue weighted by atomic mass is 10.1. The zero-order valence-electron chi connectivity index (χ0n) is 12.8.